The summed E-state index contributed by atoms with van der Waals surface area (Å²) in [5, 5.41) is 9.14. The van der Waals surface area contributed by atoms with Gasteiger partial charge in [0.2, 0.25) is 0 Å². The van der Waals surface area contributed by atoms with Crippen LogP contribution in [0.1, 0.15) is 110 Å². The Labute approximate surface area is 159 Å². The first-order chi connectivity index (χ1) is 12.5. The first-order valence-corrected chi connectivity index (χ1v) is 11.0. The minimum absolute atomic E-state index is 0.0379. The van der Waals surface area contributed by atoms with E-state index in [4.69, 9.17) is 9.84 Å². The van der Waals surface area contributed by atoms with Crippen LogP contribution in [0, 0.1) is 10.8 Å². The minimum Gasteiger partial charge on any atom is -0.481 e. The van der Waals surface area contributed by atoms with Gasteiger partial charge in [-0.2, -0.15) is 0 Å². The molecule has 150 valence electrons. The highest BCUT2D eigenvalue weighted by molar-refractivity contribution is 5.79. The maximum Gasteiger partial charge on any atom is 0.312 e. The average molecular weight is 367 g/mol. The van der Waals surface area contributed by atoms with Crippen molar-refractivity contribution in [1.29, 1.82) is 0 Å². The van der Waals surface area contributed by atoms with E-state index in [-0.39, 0.29) is 16.8 Å². The van der Waals surface area contributed by atoms with E-state index >= 15 is 0 Å². The highest BCUT2D eigenvalue weighted by Gasteiger charge is 2.50. The van der Waals surface area contributed by atoms with Crippen LogP contribution in [0.25, 0.3) is 0 Å². The molecule has 0 spiro atoms. The van der Waals surface area contributed by atoms with Gasteiger partial charge in [-0.1, -0.05) is 64.2 Å². The van der Waals surface area contributed by atoms with Gasteiger partial charge in [-0.3, -0.25) is 9.59 Å². The van der Waals surface area contributed by atoms with Gasteiger partial charge in [-0.05, 0) is 45.4 Å². The molecular weight excluding hydrogens is 328 g/mol. The Hall–Kier alpha value is -1.06. The van der Waals surface area contributed by atoms with Gasteiger partial charge in [0.15, 0.2) is 0 Å². The molecular formula is C22H38O4. The lowest BCUT2D eigenvalue weighted by atomic mass is 9.97. The number of carbonyl (C=O) groups excluding carboxylic acids is 1. The second-order valence-electron chi connectivity index (χ2n) is 8.62. The first kappa shape index (κ1) is 21.2. The number of aliphatic carboxylic acids is 1. The lowest BCUT2D eigenvalue weighted by molar-refractivity contribution is -0.150. The molecule has 0 aromatic carbocycles. The SMILES string of the molecule is CCOC(=O)C1(CCCCCCCCCCCCC2(C(=O)O)CC2)CC1. The Morgan fingerprint density at radius 1 is 0.731 bits per heavy atom. The van der Waals surface area contributed by atoms with E-state index in [2.05, 4.69) is 0 Å². The Morgan fingerprint density at radius 2 is 1.12 bits per heavy atom. The highest BCUT2D eigenvalue weighted by atomic mass is 16.5. The van der Waals surface area contributed by atoms with Crippen molar-refractivity contribution < 1.29 is 19.4 Å². The standard InChI is InChI=1S/C22H38O4/c1-2-26-20(25)22(17-18-22)14-12-10-8-6-4-3-5-7-9-11-13-21(15-16-21)19(23)24/h2-18H2,1H3,(H,23,24). The molecule has 2 saturated carbocycles. The van der Waals surface area contributed by atoms with Crippen LogP contribution in [-0.4, -0.2) is 23.7 Å². The maximum absolute atomic E-state index is 11.9. The van der Waals surface area contributed by atoms with E-state index in [1.165, 1.54) is 51.4 Å². The fourth-order valence-electron chi connectivity index (χ4n) is 4.05. The third-order valence-corrected chi connectivity index (χ3v) is 6.43. The van der Waals surface area contributed by atoms with Gasteiger partial charge in [0.25, 0.3) is 0 Å². The number of esters is 1. The van der Waals surface area contributed by atoms with Gasteiger partial charge >= 0.3 is 11.9 Å². The average Bonchev–Trinajstić information content (AvgIpc) is 3.52. The number of unbranched alkanes of at least 4 members (excludes halogenated alkanes) is 9. The third-order valence-electron chi connectivity index (χ3n) is 6.43. The normalized spacial score (nSPS) is 19.1. The summed E-state index contributed by atoms with van der Waals surface area (Å²) in [6.45, 7) is 2.38. The van der Waals surface area contributed by atoms with E-state index in [9.17, 15) is 9.59 Å². The number of hydrogen-bond acceptors (Lipinski definition) is 3. The molecule has 1 N–H and O–H groups in total. The fourth-order valence-corrected chi connectivity index (χ4v) is 4.05. The molecule has 26 heavy (non-hydrogen) atoms. The molecule has 0 amide bonds. The molecule has 0 radical (unpaired) electrons. The number of hydrogen-bond donors (Lipinski definition) is 1. The van der Waals surface area contributed by atoms with Crippen molar-refractivity contribution in [1.82, 2.24) is 0 Å². The molecule has 0 aromatic rings. The molecule has 0 aromatic heterocycles. The van der Waals surface area contributed by atoms with Crippen molar-refractivity contribution in [2.75, 3.05) is 6.61 Å². The lowest BCUT2D eigenvalue weighted by Crippen LogP contribution is -2.18. The van der Waals surface area contributed by atoms with Crippen LogP contribution in [0.15, 0.2) is 0 Å². The van der Waals surface area contributed by atoms with E-state index in [0.29, 0.717) is 6.61 Å². The Kier molecular flexibility index (Phi) is 8.43. The van der Waals surface area contributed by atoms with Gasteiger partial charge < -0.3 is 9.84 Å². The summed E-state index contributed by atoms with van der Waals surface area (Å²) in [6.07, 6.45) is 18.1. The van der Waals surface area contributed by atoms with Crippen molar-refractivity contribution in [3.63, 3.8) is 0 Å². The zero-order valence-electron chi connectivity index (χ0n) is 16.7. The number of rotatable bonds is 16. The van der Waals surface area contributed by atoms with Crippen molar-refractivity contribution in [2.45, 2.75) is 110 Å². The molecule has 2 fully saturated rings. The van der Waals surface area contributed by atoms with Crippen molar-refractivity contribution in [3.8, 4) is 0 Å². The lowest BCUT2D eigenvalue weighted by Gasteiger charge is -2.13. The summed E-state index contributed by atoms with van der Waals surface area (Å²) in [5.74, 6) is -0.539. The van der Waals surface area contributed by atoms with Gasteiger partial charge in [0, 0.05) is 0 Å². The molecule has 0 saturated heterocycles. The van der Waals surface area contributed by atoms with Crippen molar-refractivity contribution in [2.24, 2.45) is 10.8 Å². The van der Waals surface area contributed by atoms with E-state index in [1.807, 2.05) is 6.92 Å². The fraction of sp³-hybridized carbons (Fsp3) is 0.909. The second-order valence-corrected chi connectivity index (χ2v) is 8.62. The second kappa shape index (κ2) is 10.3. The number of carboxylic acids is 1. The highest BCUT2D eigenvalue weighted by Crippen LogP contribution is 2.51. The van der Waals surface area contributed by atoms with Crippen molar-refractivity contribution >= 4 is 11.9 Å². The van der Waals surface area contributed by atoms with Crippen LogP contribution in [0.4, 0.5) is 0 Å². The Bertz CT molecular complexity index is 449. The Balaban J connectivity index is 1.33. The summed E-state index contributed by atoms with van der Waals surface area (Å²) < 4.78 is 5.19. The molecule has 2 aliphatic rings. The van der Waals surface area contributed by atoms with Gasteiger partial charge in [0.1, 0.15) is 0 Å². The first-order valence-electron chi connectivity index (χ1n) is 11.0. The zero-order chi connectivity index (χ0) is 18.9. The number of carbonyl (C=O) groups is 2. The monoisotopic (exact) mass is 366 g/mol. The van der Waals surface area contributed by atoms with Crippen molar-refractivity contribution in [3.05, 3.63) is 0 Å². The van der Waals surface area contributed by atoms with Crippen LogP contribution in [0.5, 0.6) is 0 Å². The van der Waals surface area contributed by atoms with Crippen LogP contribution in [0.2, 0.25) is 0 Å². The molecule has 4 nitrogen and oxygen atoms in total. The summed E-state index contributed by atoms with van der Waals surface area (Å²) in [6, 6.07) is 0. The largest absolute Gasteiger partial charge is 0.481 e. The van der Waals surface area contributed by atoms with Gasteiger partial charge in [-0.15, -0.1) is 0 Å². The molecule has 0 aliphatic heterocycles. The number of ether oxygens (including phenoxy) is 1. The number of carboxylic acid groups (broad SMARTS) is 1. The molecule has 2 rings (SSSR count). The van der Waals surface area contributed by atoms with Crippen LogP contribution >= 0.6 is 0 Å². The molecule has 4 heteroatoms. The van der Waals surface area contributed by atoms with Crippen LogP contribution in [-0.2, 0) is 14.3 Å². The molecule has 0 heterocycles. The summed E-state index contributed by atoms with van der Waals surface area (Å²) in [5.41, 5.74) is -0.429. The summed E-state index contributed by atoms with van der Waals surface area (Å²) >= 11 is 0. The smallest absolute Gasteiger partial charge is 0.312 e. The molecule has 0 atom stereocenters. The predicted octanol–water partition coefficient (Wildman–Crippen LogP) is 5.88. The van der Waals surface area contributed by atoms with Crippen LogP contribution < -0.4 is 0 Å². The van der Waals surface area contributed by atoms with Crippen LogP contribution in [0.3, 0.4) is 0 Å². The summed E-state index contributed by atoms with van der Waals surface area (Å²) in [7, 11) is 0. The summed E-state index contributed by atoms with van der Waals surface area (Å²) in [4.78, 5) is 23.0. The predicted molar refractivity (Wildman–Crippen MR) is 103 cm³/mol. The topological polar surface area (TPSA) is 63.6 Å². The zero-order valence-corrected chi connectivity index (χ0v) is 16.7. The van der Waals surface area contributed by atoms with Gasteiger partial charge in [-0.25, -0.2) is 0 Å². The molecule has 2 aliphatic carbocycles. The Morgan fingerprint density at radius 3 is 1.46 bits per heavy atom. The van der Waals surface area contributed by atoms with E-state index < -0.39 is 5.97 Å². The quantitative estimate of drug-likeness (QED) is 0.274. The minimum atomic E-state index is -0.577. The van der Waals surface area contributed by atoms with Gasteiger partial charge in [0.05, 0.1) is 17.4 Å². The molecule has 0 bridgehead atoms. The van der Waals surface area contributed by atoms with E-state index in [0.717, 1.165) is 51.4 Å². The van der Waals surface area contributed by atoms with E-state index in [1.54, 1.807) is 0 Å². The third kappa shape index (κ3) is 6.59. The maximum atomic E-state index is 11.9. The molecule has 0 unspecified atom stereocenters.